The highest BCUT2D eigenvalue weighted by molar-refractivity contribution is 9.11. The number of alkyl halides is 2. The van der Waals surface area contributed by atoms with Gasteiger partial charge in [0.05, 0.1) is 0 Å². The summed E-state index contributed by atoms with van der Waals surface area (Å²) in [6.07, 6.45) is 4.65. The van der Waals surface area contributed by atoms with E-state index in [1.54, 1.807) is 0 Å². The van der Waals surface area contributed by atoms with E-state index >= 15 is 0 Å². The number of fused-ring (bicyclic) bond motifs is 4. The molecule has 0 aromatic heterocycles. The molecular formula is C42H18Br8O3. The van der Waals surface area contributed by atoms with Crippen molar-refractivity contribution in [2.75, 3.05) is 0 Å². The predicted octanol–water partition coefficient (Wildman–Crippen LogP) is 13.9. The average molecular weight is 1210 g/mol. The molecule has 53 heavy (non-hydrogen) atoms. The lowest BCUT2D eigenvalue weighted by atomic mass is 9.79. The quantitative estimate of drug-likeness (QED) is 0.0570. The van der Waals surface area contributed by atoms with Gasteiger partial charge >= 0.3 is 11.9 Å². The maximum absolute atomic E-state index is 15.0. The summed E-state index contributed by atoms with van der Waals surface area (Å²) in [6.45, 7) is 0. The first kappa shape index (κ1) is 35.7. The minimum absolute atomic E-state index is 0.277. The van der Waals surface area contributed by atoms with Crippen LogP contribution in [0.5, 0.6) is 0 Å². The second-order valence-electron chi connectivity index (χ2n) is 13.5. The summed E-state index contributed by atoms with van der Waals surface area (Å²) in [4.78, 5) is 29.9. The van der Waals surface area contributed by atoms with E-state index in [-0.39, 0.29) is 12.8 Å². The molecule has 260 valence electrons. The number of rotatable bonds is 2. The van der Waals surface area contributed by atoms with Gasteiger partial charge in [-0.25, -0.2) is 9.59 Å². The summed E-state index contributed by atoms with van der Waals surface area (Å²) >= 11 is 31.0. The van der Waals surface area contributed by atoms with E-state index in [9.17, 15) is 9.59 Å². The lowest BCUT2D eigenvalue weighted by Crippen LogP contribution is -2.41. The Morgan fingerprint density at radius 2 is 0.717 bits per heavy atom. The fourth-order valence-electron chi connectivity index (χ4n) is 8.63. The highest BCUT2D eigenvalue weighted by Gasteiger charge is 2.50. The van der Waals surface area contributed by atoms with Gasteiger partial charge < -0.3 is 4.74 Å². The number of hydrogen-bond donors (Lipinski definition) is 0. The molecule has 2 unspecified atom stereocenters. The van der Waals surface area contributed by atoms with Crippen molar-refractivity contribution < 1.29 is 14.3 Å². The van der Waals surface area contributed by atoms with Crippen LogP contribution in [0, 0.1) is 0 Å². The van der Waals surface area contributed by atoms with Crippen LogP contribution < -0.4 is 10.4 Å². The maximum atomic E-state index is 15.0. The van der Waals surface area contributed by atoms with Crippen molar-refractivity contribution in [1.29, 1.82) is 0 Å². The van der Waals surface area contributed by atoms with Crippen molar-refractivity contribution in [3.63, 3.8) is 0 Å². The molecule has 0 saturated carbocycles. The Kier molecular flexibility index (Phi) is 8.35. The highest BCUT2D eigenvalue weighted by Crippen LogP contribution is 2.55. The monoisotopic (exact) mass is 1200 g/mol. The summed E-state index contributed by atoms with van der Waals surface area (Å²) in [5.74, 6) is -1.35. The SMILES string of the molecule is O=C(OC(=O)C1(Br)CC=c2ccc(Br)c3c2c1c1c(Br)ccc2ccc(Br)c3c21)C1(Br)CC=c2ccc(Br)c3c2c1c1c(Br)ccc2ccc(Br)c3c21. The van der Waals surface area contributed by atoms with E-state index < -0.39 is 20.6 Å². The molecule has 0 radical (unpaired) electrons. The molecule has 0 aliphatic heterocycles. The van der Waals surface area contributed by atoms with Crippen LogP contribution in [0.15, 0.2) is 99.6 Å². The molecule has 0 spiro atoms. The minimum Gasteiger partial charge on any atom is -0.391 e. The Labute approximate surface area is 368 Å². The largest absolute Gasteiger partial charge is 0.391 e. The molecule has 0 fully saturated rings. The van der Waals surface area contributed by atoms with Gasteiger partial charge in [0.2, 0.25) is 0 Å². The van der Waals surface area contributed by atoms with Gasteiger partial charge in [-0.15, -0.1) is 0 Å². The standard InChI is InChI=1S/C42H18Br8O3/c43-21-7-1-17-3-11-25(47)35-27(17)31(21)33-23(45)9-5-19-13-15-41(49,37(35)29(19)33)39(51)53-40(52)42(50)16-14-20-6-10-24(46)34-30(20)38(42)36-26(48)12-4-18-2-8-22(44)32(34)28(18)36/h1-14H,15-16H2. The molecule has 0 heterocycles. The zero-order valence-corrected chi connectivity index (χ0v) is 39.4. The average Bonchev–Trinajstić information content (AvgIpc) is 3.14. The summed E-state index contributed by atoms with van der Waals surface area (Å²) in [5.41, 5.74) is 1.53. The Bertz CT molecular complexity index is 2970. The molecule has 8 aromatic carbocycles. The molecule has 0 saturated heterocycles. The lowest BCUT2D eigenvalue weighted by Gasteiger charge is -2.34. The minimum atomic E-state index is -1.38. The molecule has 3 nitrogen and oxygen atoms in total. The Balaban J connectivity index is 1.20. The fourth-order valence-corrected chi connectivity index (χ4v) is 13.1. The normalized spacial score (nSPS) is 19.4. The number of carbonyl (C=O) groups is 2. The van der Waals surface area contributed by atoms with Gasteiger partial charge in [0.15, 0.2) is 8.65 Å². The second-order valence-corrected chi connectivity index (χ2v) is 21.3. The molecular weight excluding hydrogens is 1190 g/mol. The molecule has 0 bridgehead atoms. The predicted molar refractivity (Wildman–Crippen MR) is 245 cm³/mol. The van der Waals surface area contributed by atoms with Crippen LogP contribution in [0.3, 0.4) is 0 Å². The molecule has 11 heteroatoms. The summed E-state index contributed by atoms with van der Waals surface area (Å²) in [6, 6.07) is 24.7. The van der Waals surface area contributed by atoms with Gasteiger partial charge in [-0.2, -0.15) is 0 Å². The third kappa shape index (κ3) is 4.80. The Morgan fingerprint density at radius 3 is 1.08 bits per heavy atom. The molecule has 2 aliphatic carbocycles. The van der Waals surface area contributed by atoms with Crippen LogP contribution >= 0.6 is 127 Å². The van der Waals surface area contributed by atoms with E-state index in [0.717, 1.165) is 113 Å². The van der Waals surface area contributed by atoms with Crippen LogP contribution in [0.25, 0.3) is 76.8 Å². The number of halogens is 8. The van der Waals surface area contributed by atoms with Crippen molar-refractivity contribution in [2.24, 2.45) is 0 Å². The number of esters is 2. The van der Waals surface area contributed by atoms with Gasteiger partial charge in [0.25, 0.3) is 0 Å². The van der Waals surface area contributed by atoms with Crippen LogP contribution in [-0.4, -0.2) is 11.9 Å². The van der Waals surface area contributed by atoms with Gasteiger partial charge in [-0.3, -0.25) is 0 Å². The Morgan fingerprint density at radius 1 is 0.415 bits per heavy atom. The molecule has 2 aliphatic rings. The van der Waals surface area contributed by atoms with Crippen molar-refractivity contribution in [2.45, 2.75) is 21.5 Å². The number of carbonyl (C=O) groups excluding carboxylic acids is 2. The Hall–Kier alpha value is -1.70. The number of benzene rings is 8. The number of hydrogen-bond acceptors (Lipinski definition) is 3. The van der Waals surface area contributed by atoms with E-state index in [1.165, 1.54) is 0 Å². The zero-order chi connectivity index (χ0) is 36.9. The lowest BCUT2D eigenvalue weighted by molar-refractivity contribution is -0.163. The van der Waals surface area contributed by atoms with E-state index in [4.69, 9.17) is 4.74 Å². The van der Waals surface area contributed by atoms with Crippen LogP contribution in [-0.2, 0) is 23.0 Å². The van der Waals surface area contributed by atoms with E-state index in [1.807, 2.05) is 24.3 Å². The third-order valence-electron chi connectivity index (χ3n) is 10.9. The first-order chi connectivity index (χ1) is 25.3. The zero-order valence-electron chi connectivity index (χ0n) is 26.7. The summed E-state index contributed by atoms with van der Waals surface area (Å²) in [5, 5.41) is 13.8. The number of ether oxygens (including phenoxy) is 1. The summed E-state index contributed by atoms with van der Waals surface area (Å²) in [7, 11) is 0. The van der Waals surface area contributed by atoms with E-state index in [2.05, 4.69) is 188 Å². The van der Waals surface area contributed by atoms with Gasteiger partial charge in [0.1, 0.15) is 0 Å². The maximum Gasteiger partial charge on any atom is 0.335 e. The van der Waals surface area contributed by atoms with Crippen LogP contribution in [0.1, 0.15) is 24.0 Å². The molecule has 0 amide bonds. The fraction of sp³-hybridized carbons (Fsp3) is 0.0952. The summed E-state index contributed by atoms with van der Waals surface area (Å²) < 4.78 is 8.80. The third-order valence-corrected chi connectivity index (χ3v) is 16.9. The second kappa shape index (κ2) is 12.4. The van der Waals surface area contributed by atoms with Crippen molar-refractivity contribution in [1.82, 2.24) is 0 Å². The highest BCUT2D eigenvalue weighted by atomic mass is 79.9. The van der Waals surface area contributed by atoms with Crippen LogP contribution in [0.4, 0.5) is 0 Å². The van der Waals surface area contributed by atoms with Gasteiger partial charge in [-0.05, 0) is 103 Å². The smallest absolute Gasteiger partial charge is 0.335 e. The molecule has 2 atom stereocenters. The molecule has 10 rings (SSSR count). The van der Waals surface area contributed by atoms with Crippen molar-refractivity contribution in [3.8, 4) is 0 Å². The first-order valence-electron chi connectivity index (χ1n) is 16.4. The van der Waals surface area contributed by atoms with Crippen LogP contribution in [0.2, 0.25) is 0 Å². The van der Waals surface area contributed by atoms with Gasteiger partial charge in [-0.1, -0.05) is 176 Å². The van der Waals surface area contributed by atoms with Crippen molar-refractivity contribution in [3.05, 3.63) is 121 Å². The topological polar surface area (TPSA) is 43.4 Å². The van der Waals surface area contributed by atoms with Gasteiger partial charge in [0, 0.05) is 59.2 Å². The first-order valence-corrected chi connectivity index (χ1v) is 22.7. The van der Waals surface area contributed by atoms with Crippen molar-refractivity contribution >= 4 is 216 Å². The molecule has 0 N–H and O–H groups in total. The molecule has 8 aromatic rings. The van der Waals surface area contributed by atoms with E-state index in [0.29, 0.717) is 0 Å².